The van der Waals surface area contributed by atoms with Crippen molar-refractivity contribution in [3.63, 3.8) is 0 Å². The fourth-order valence-electron chi connectivity index (χ4n) is 3.82. The third kappa shape index (κ3) is 6.72. The number of methoxy groups -OCH3 is 1. The van der Waals surface area contributed by atoms with Crippen LogP contribution in [0.2, 0.25) is 0 Å². The van der Waals surface area contributed by atoms with E-state index in [9.17, 15) is 32.3 Å². The molecule has 0 spiro atoms. The van der Waals surface area contributed by atoms with Crippen molar-refractivity contribution in [3.8, 4) is 0 Å². The van der Waals surface area contributed by atoms with Crippen molar-refractivity contribution >= 4 is 23.7 Å². The lowest BCUT2D eigenvalue weighted by Gasteiger charge is -2.27. The molecule has 1 saturated carbocycles. The Morgan fingerprint density at radius 3 is 2.42 bits per heavy atom. The van der Waals surface area contributed by atoms with Crippen LogP contribution < -0.4 is 16.0 Å². The molecule has 1 aromatic heterocycles. The van der Waals surface area contributed by atoms with E-state index in [-0.39, 0.29) is 30.4 Å². The Bertz CT molecular complexity index is 897. The van der Waals surface area contributed by atoms with Gasteiger partial charge in [-0.3, -0.25) is 14.4 Å². The van der Waals surface area contributed by atoms with Crippen LogP contribution in [0.4, 0.5) is 13.2 Å². The quantitative estimate of drug-likeness (QED) is 0.405. The Morgan fingerprint density at radius 1 is 1.12 bits per heavy atom. The smallest absolute Gasteiger partial charge is 0.431 e. The molecule has 182 valence electrons. The van der Waals surface area contributed by atoms with Gasteiger partial charge in [-0.1, -0.05) is 12.8 Å². The zero-order chi connectivity index (χ0) is 24.2. The topological polar surface area (TPSA) is 129 Å². The van der Waals surface area contributed by atoms with Crippen molar-refractivity contribution in [2.24, 2.45) is 11.8 Å². The summed E-state index contributed by atoms with van der Waals surface area (Å²) < 4.78 is 43.2. The predicted molar refractivity (Wildman–Crippen MR) is 109 cm³/mol. The molecular formula is C21H27F3N4O5. The Morgan fingerprint density at radius 2 is 1.85 bits per heavy atom. The van der Waals surface area contributed by atoms with E-state index in [2.05, 4.69) is 16.0 Å². The number of hydrogen-bond donors (Lipinski definition) is 4. The molecule has 1 aliphatic heterocycles. The van der Waals surface area contributed by atoms with E-state index in [1.807, 2.05) is 4.98 Å². The predicted octanol–water partition coefficient (Wildman–Crippen LogP) is 1.51. The second-order valence-corrected chi connectivity index (χ2v) is 8.44. The third-order valence-corrected chi connectivity index (χ3v) is 5.85. The number of carbonyl (C=O) groups is 4. The summed E-state index contributed by atoms with van der Waals surface area (Å²) in [7, 11) is 1.16. The first-order chi connectivity index (χ1) is 15.6. The van der Waals surface area contributed by atoms with Gasteiger partial charge in [0.25, 0.3) is 5.91 Å². The molecule has 2 aliphatic rings. The first kappa shape index (κ1) is 24.6. The van der Waals surface area contributed by atoms with Crippen molar-refractivity contribution in [2.45, 2.75) is 56.8 Å². The van der Waals surface area contributed by atoms with E-state index in [4.69, 9.17) is 4.74 Å². The molecule has 3 atom stereocenters. The lowest BCUT2D eigenvalue weighted by Crippen LogP contribution is -2.53. The van der Waals surface area contributed by atoms with Crippen molar-refractivity contribution in [3.05, 3.63) is 23.5 Å². The summed E-state index contributed by atoms with van der Waals surface area (Å²) in [5.41, 5.74) is -1.41. The average Bonchev–Trinajstić information content (AvgIpc) is 3.43. The van der Waals surface area contributed by atoms with Crippen LogP contribution in [0.15, 0.2) is 12.1 Å². The molecule has 12 heteroatoms. The highest BCUT2D eigenvalue weighted by Gasteiger charge is 2.36. The van der Waals surface area contributed by atoms with Crippen LogP contribution in [-0.2, 0) is 25.3 Å². The van der Waals surface area contributed by atoms with Crippen LogP contribution in [-0.4, -0.2) is 54.4 Å². The van der Waals surface area contributed by atoms with E-state index < -0.39 is 47.7 Å². The molecule has 1 aliphatic carbocycles. The summed E-state index contributed by atoms with van der Waals surface area (Å²) in [6, 6.07) is -0.427. The minimum absolute atomic E-state index is 0.0416. The number of rotatable bonds is 9. The summed E-state index contributed by atoms with van der Waals surface area (Å²) in [5, 5.41) is 7.74. The maximum absolute atomic E-state index is 13.0. The lowest BCUT2D eigenvalue weighted by molar-refractivity contribution is -0.146. The fourth-order valence-corrected chi connectivity index (χ4v) is 3.82. The molecule has 2 heterocycles. The number of aromatic nitrogens is 1. The highest BCUT2D eigenvalue weighted by atomic mass is 19.4. The van der Waals surface area contributed by atoms with Crippen LogP contribution in [0, 0.1) is 11.8 Å². The van der Waals surface area contributed by atoms with E-state index >= 15 is 0 Å². The van der Waals surface area contributed by atoms with E-state index in [1.54, 1.807) is 0 Å². The van der Waals surface area contributed by atoms with Crippen LogP contribution in [0.1, 0.15) is 54.7 Å². The summed E-state index contributed by atoms with van der Waals surface area (Å²) in [5.74, 6) is -2.75. The number of hydrogen-bond acceptors (Lipinski definition) is 5. The number of H-pyrrole nitrogens is 1. The van der Waals surface area contributed by atoms with Crippen molar-refractivity contribution in [2.75, 3.05) is 13.7 Å². The minimum atomic E-state index is -4.64. The molecule has 1 saturated heterocycles. The van der Waals surface area contributed by atoms with Gasteiger partial charge >= 0.3 is 12.1 Å². The highest BCUT2D eigenvalue weighted by molar-refractivity contribution is 5.97. The number of piperidine rings is 1. The highest BCUT2D eigenvalue weighted by Crippen LogP contribution is 2.34. The van der Waals surface area contributed by atoms with Gasteiger partial charge < -0.3 is 25.7 Å². The van der Waals surface area contributed by atoms with Crippen LogP contribution >= 0.6 is 0 Å². The first-order valence-corrected chi connectivity index (χ1v) is 10.8. The Labute approximate surface area is 188 Å². The van der Waals surface area contributed by atoms with Gasteiger partial charge in [-0.2, -0.15) is 13.2 Å². The number of nitrogens with one attached hydrogen (secondary N) is 4. The summed E-state index contributed by atoms with van der Waals surface area (Å²) >= 11 is 0. The van der Waals surface area contributed by atoms with Gasteiger partial charge in [-0.15, -0.1) is 0 Å². The van der Waals surface area contributed by atoms with Gasteiger partial charge in [0.1, 0.15) is 23.5 Å². The average molecular weight is 472 g/mol. The SMILES string of the molecule is COC(=O)C(CC1CCCNC1=O)NC(=O)C(CC1CC1)NC(=O)c1ccc(C(F)(F)F)[nH]1. The first-order valence-electron chi connectivity index (χ1n) is 10.8. The Kier molecular flexibility index (Phi) is 7.65. The summed E-state index contributed by atoms with van der Waals surface area (Å²) in [6.45, 7) is 0.550. The second-order valence-electron chi connectivity index (χ2n) is 8.44. The fraction of sp³-hybridized carbons (Fsp3) is 0.619. The van der Waals surface area contributed by atoms with Gasteiger partial charge in [0.2, 0.25) is 11.8 Å². The van der Waals surface area contributed by atoms with Gasteiger partial charge in [0.15, 0.2) is 0 Å². The Hall–Kier alpha value is -3.05. The van der Waals surface area contributed by atoms with Crippen LogP contribution in [0.3, 0.4) is 0 Å². The largest absolute Gasteiger partial charge is 0.467 e. The summed E-state index contributed by atoms with van der Waals surface area (Å²) in [6.07, 6.45) is -1.28. The van der Waals surface area contributed by atoms with Gasteiger partial charge in [-0.05, 0) is 43.7 Å². The molecule has 3 amide bonds. The maximum Gasteiger partial charge on any atom is 0.431 e. The van der Waals surface area contributed by atoms with Crippen LogP contribution in [0.5, 0.6) is 0 Å². The van der Waals surface area contributed by atoms with Crippen molar-refractivity contribution in [1.82, 2.24) is 20.9 Å². The molecule has 0 bridgehead atoms. The minimum Gasteiger partial charge on any atom is -0.467 e. The lowest BCUT2D eigenvalue weighted by atomic mass is 9.91. The van der Waals surface area contributed by atoms with Gasteiger partial charge in [0, 0.05) is 12.5 Å². The Balaban J connectivity index is 1.68. The standard InChI is InChI=1S/C21H27F3N4O5/c1-33-20(32)15(10-12-3-2-8-25-17(12)29)28-19(31)14(9-11-4-5-11)27-18(30)13-6-7-16(26-13)21(22,23)24/h6-7,11-12,14-15,26H,2-5,8-10H2,1H3,(H,25,29)(H,27,30)(H,28,31). The third-order valence-electron chi connectivity index (χ3n) is 5.85. The number of ether oxygens (including phenoxy) is 1. The molecule has 9 nitrogen and oxygen atoms in total. The molecule has 4 N–H and O–H groups in total. The van der Waals surface area contributed by atoms with Crippen molar-refractivity contribution in [1.29, 1.82) is 0 Å². The van der Waals surface area contributed by atoms with E-state index in [0.717, 1.165) is 38.5 Å². The van der Waals surface area contributed by atoms with Crippen LogP contribution in [0.25, 0.3) is 0 Å². The number of aromatic amines is 1. The number of alkyl halides is 3. The second kappa shape index (κ2) is 10.3. The number of carbonyl (C=O) groups excluding carboxylic acids is 4. The zero-order valence-corrected chi connectivity index (χ0v) is 18.1. The monoisotopic (exact) mass is 472 g/mol. The molecule has 0 aromatic carbocycles. The van der Waals surface area contributed by atoms with Crippen molar-refractivity contribution < 1.29 is 37.1 Å². The molecule has 3 unspecified atom stereocenters. The number of halogens is 3. The number of amides is 3. The van der Waals surface area contributed by atoms with E-state index in [0.29, 0.717) is 13.0 Å². The van der Waals surface area contributed by atoms with E-state index in [1.165, 1.54) is 0 Å². The maximum atomic E-state index is 13.0. The normalized spacial score (nSPS) is 20.4. The number of esters is 1. The summed E-state index contributed by atoms with van der Waals surface area (Å²) in [4.78, 5) is 51.8. The molecule has 3 rings (SSSR count). The molecule has 0 radical (unpaired) electrons. The zero-order valence-electron chi connectivity index (χ0n) is 18.1. The van der Waals surface area contributed by atoms with Gasteiger partial charge in [-0.25, -0.2) is 4.79 Å². The van der Waals surface area contributed by atoms with Gasteiger partial charge in [0.05, 0.1) is 7.11 Å². The molecular weight excluding hydrogens is 445 g/mol. The molecule has 33 heavy (non-hydrogen) atoms. The molecule has 1 aromatic rings. The molecule has 2 fully saturated rings.